The average molecular weight is 222 g/mol. The Hall–Kier alpha value is -0.350. The fraction of sp³-hybridized carbons (Fsp3) is 0.571. The molecule has 0 aliphatic carbocycles. The molecule has 0 radical (unpaired) electrons. The Labute approximate surface area is 95.9 Å². The molecule has 0 aliphatic heterocycles. The molecule has 0 nitrogen and oxygen atoms in total. The van der Waals surface area contributed by atoms with E-state index in [2.05, 4.69) is 58.6 Å². The number of aryl methyl sites for hydroxylation is 1. The van der Waals surface area contributed by atoms with E-state index in [1.54, 1.807) is 5.30 Å². The smallest absolute Gasteiger partial charge is 0.0243 e. The van der Waals surface area contributed by atoms with E-state index in [9.17, 15) is 0 Å². The van der Waals surface area contributed by atoms with E-state index in [0.717, 1.165) is 0 Å². The number of benzene rings is 1. The minimum absolute atomic E-state index is 0.0476. The van der Waals surface area contributed by atoms with Crippen LogP contribution in [0.3, 0.4) is 0 Å². The zero-order chi connectivity index (χ0) is 11.5. The summed E-state index contributed by atoms with van der Waals surface area (Å²) < 4.78 is 0. The Morgan fingerprint density at radius 3 is 2.07 bits per heavy atom. The second-order valence-electron chi connectivity index (χ2n) is 5.57. The third kappa shape index (κ3) is 4.80. The molecule has 0 saturated heterocycles. The molecule has 0 aromatic heterocycles. The Balaban J connectivity index is 2.54. The van der Waals surface area contributed by atoms with Gasteiger partial charge in [0.1, 0.15) is 0 Å². The van der Waals surface area contributed by atoms with Gasteiger partial charge in [-0.2, -0.15) is 0 Å². The van der Waals surface area contributed by atoms with Gasteiger partial charge in [0, 0.05) is 0 Å². The van der Waals surface area contributed by atoms with Crippen molar-refractivity contribution >= 4 is 13.2 Å². The highest BCUT2D eigenvalue weighted by molar-refractivity contribution is 7.64. The summed E-state index contributed by atoms with van der Waals surface area (Å²) in [6.07, 6.45) is 2.67. The number of hydrogen-bond acceptors (Lipinski definition) is 0. The Kier molecular flexibility index (Phi) is 4.34. The first kappa shape index (κ1) is 12.7. The second kappa shape index (κ2) is 5.12. The molecule has 1 aromatic rings. The Morgan fingerprint density at radius 1 is 1.07 bits per heavy atom. The maximum Gasteiger partial charge on any atom is -0.0243 e. The van der Waals surface area contributed by atoms with Gasteiger partial charge in [-0.15, -0.1) is 0 Å². The maximum atomic E-state index is 2.39. The highest BCUT2D eigenvalue weighted by Gasteiger charge is 2.13. The normalized spacial score (nSPS) is 13.9. The van der Waals surface area contributed by atoms with Gasteiger partial charge in [-0.3, -0.25) is 0 Å². The van der Waals surface area contributed by atoms with E-state index in [0.29, 0.717) is 5.41 Å². The molecule has 0 bridgehead atoms. The zero-order valence-electron chi connectivity index (χ0n) is 10.7. The van der Waals surface area contributed by atoms with Gasteiger partial charge >= 0.3 is 0 Å². The second-order valence-corrected chi connectivity index (χ2v) is 7.93. The molecule has 0 fully saturated rings. The number of hydrogen-bond donors (Lipinski definition) is 0. The van der Waals surface area contributed by atoms with E-state index < -0.39 is 0 Å². The minimum Gasteiger partial charge on any atom is -0.0785 e. The molecular formula is C14H23P. The molecule has 1 unspecified atom stereocenters. The van der Waals surface area contributed by atoms with Crippen LogP contribution in [0, 0.1) is 12.3 Å². The quantitative estimate of drug-likeness (QED) is 0.673. The van der Waals surface area contributed by atoms with E-state index in [4.69, 9.17) is 0 Å². The van der Waals surface area contributed by atoms with E-state index in [1.165, 1.54) is 18.1 Å². The molecule has 1 aromatic carbocycles. The highest BCUT2D eigenvalue weighted by Crippen LogP contribution is 2.34. The first-order valence-electron chi connectivity index (χ1n) is 5.66. The van der Waals surface area contributed by atoms with Gasteiger partial charge in [0.15, 0.2) is 0 Å². The van der Waals surface area contributed by atoms with Crippen molar-refractivity contribution in [2.24, 2.45) is 5.41 Å². The summed E-state index contributed by atoms with van der Waals surface area (Å²) in [4.78, 5) is 0. The lowest BCUT2D eigenvalue weighted by Crippen LogP contribution is -2.10. The minimum atomic E-state index is 0.0476. The lowest BCUT2D eigenvalue weighted by Gasteiger charge is -2.21. The zero-order valence-corrected chi connectivity index (χ0v) is 11.6. The monoisotopic (exact) mass is 222 g/mol. The van der Waals surface area contributed by atoms with Crippen molar-refractivity contribution in [2.75, 3.05) is 12.8 Å². The largest absolute Gasteiger partial charge is 0.0785 e. The molecule has 15 heavy (non-hydrogen) atoms. The molecule has 1 rings (SSSR count). The Bertz CT molecular complexity index is 292. The molecule has 0 N–H and O–H groups in total. The summed E-state index contributed by atoms with van der Waals surface area (Å²) in [6, 6.07) is 9.05. The van der Waals surface area contributed by atoms with Crippen molar-refractivity contribution in [1.82, 2.24) is 0 Å². The molecule has 0 heterocycles. The molecule has 1 atom stereocenters. The SMILES string of the molecule is Cc1ccc(P(C)CCC(C)(C)C)cc1. The van der Waals surface area contributed by atoms with Gasteiger partial charge in [0.25, 0.3) is 0 Å². The predicted molar refractivity (Wildman–Crippen MR) is 72.6 cm³/mol. The highest BCUT2D eigenvalue weighted by atomic mass is 31.1. The summed E-state index contributed by atoms with van der Waals surface area (Å²) in [5, 5.41) is 1.54. The van der Waals surface area contributed by atoms with Crippen LogP contribution in [0.25, 0.3) is 0 Å². The van der Waals surface area contributed by atoms with Gasteiger partial charge in [0.2, 0.25) is 0 Å². The summed E-state index contributed by atoms with van der Waals surface area (Å²) in [7, 11) is 0.0476. The van der Waals surface area contributed by atoms with Crippen molar-refractivity contribution < 1.29 is 0 Å². The molecule has 0 spiro atoms. The van der Waals surface area contributed by atoms with Gasteiger partial charge < -0.3 is 0 Å². The van der Waals surface area contributed by atoms with Crippen molar-refractivity contribution in [1.29, 1.82) is 0 Å². The molecule has 1 heteroatoms. The summed E-state index contributed by atoms with van der Waals surface area (Å²) in [6.45, 7) is 11.5. The third-order valence-electron chi connectivity index (χ3n) is 2.67. The maximum absolute atomic E-state index is 2.39. The third-order valence-corrected chi connectivity index (χ3v) is 4.75. The first-order valence-corrected chi connectivity index (χ1v) is 7.64. The van der Waals surface area contributed by atoms with E-state index >= 15 is 0 Å². The molecule has 0 aliphatic rings. The first-order chi connectivity index (χ1) is 6.88. The number of rotatable bonds is 3. The van der Waals surface area contributed by atoms with Crippen LogP contribution in [0.2, 0.25) is 0 Å². The van der Waals surface area contributed by atoms with Crippen molar-refractivity contribution in [3.05, 3.63) is 29.8 Å². The van der Waals surface area contributed by atoms with E-state index in [1.807, 2.05) is 0 Å². The van der Waals surface area contributed by atoms with Gasteiger partial charge in [-0.1, -0.05) is 58.5 Å². The van der Waals surface area contributed by atoms with Crippen LogP contribution in [0.1, 0.15) is 32.8 Å². The van der Waals surface area contributed by atoms with Crippen LogP contribution < -0.4 is 5.30 Å². The van der Waals surface area contributed by atoms with Crippen LogP contribution in [-0.2, 0) is 0 Å². The van der Waals surface area contributed by atoms with Crippen LogP contribution >= 0.6 is 7.92 Å². The summed E-state index contributed by atoms with van der Waals surface area (Å²) in [5.41, 5.74) is 1.83. The van der Waals surface area contributed by atoms with Crippen molar-refractivity contribution in [3.63, 3.8) is 0 Å². The Morgan fingerprint density at radius 2 is 1.60 bits per heavy atom. The van der Waals surface area contributed by atoms with Crippen LogP contribution in [0.15, 0.2) is 24.3 Å². The molecule has 0 amide bonds. The molecular weight excluding hydrogens is 199 g/mol. The average Bonchev–Trinajstić information content (AvgIpc) is 2.14. The van der Waals surface area contributed by atoms with Crippen molar-refractivity contribution in [3.8, 4) is 0 Å². The van der Waals surface area contributed by atoms with Gasteiger partial charge in [0.05, 0.1) is 0 Å². The topological polar surface area (TPSA) is 0 Å². The lowest BCUT2D eigenvalue weighted by atomic mass is 9.94. The molecule has 84 valence electrons. The van der Waals surface area contributed by atoms with Gasteiger partial charge in [-0.05, 0) is 36.9 Å². The fourth-order valence-electron chi connectivity index (χ4n) is 1.43. The van der Waals surface area contributed by atoms with Crippen LogP contribution in [0.4, 0.5) is 0 Å². The summed E-state index contributed by atoms with van der Waals surface area (Å²) >= 11 is 0. The summed E-state index contributed by atoms with van der Waals surface area (Å²) in [5.74, 6) is 0. The van der Waals surface area contributed by atoms with Crippen LogP contribution in [-0.4, -0.2) is 12.8 Å². The molecule has 0 saturated carbocycles. The lowest BCUT2D eigenvalue weighted by molar-refractivity contribution is 0.401. The van der Waals surface area contributed by atoms with Crippen molar-refractivity contribution in [2.45, 2.75) is 34.1 Å². The van der Waals surface area contributed by atoms with Crippen LogP contribution in [0.5, 0.6) is 0 Å². The van der Waals surface area contributed by atoms with E-state index in [-0.39, 0.29) is 7.92 Å². The van der Waals surface area contributed by atoms with Gasteiger partial charge in [-0.25, -0.2) is 0 Å². The predicted octanol–water partition coefficient (Wildman–Crippen LogP) is 4.17. The fourth-order valence-corrected chi connectivity index (χ4v) is 3.35. The standard InChI is InChI=1S/C14H23P/c1-12-6-8-13(9-7-12)15(5)11-10-14(2,3)4/h6-9H,10-11H2,1-5H3.